The Morgan fingerprint density at radius 1 is 1.41 bits per heavy atom. The van der Waals surface area contributed by atoms with E-state index in [0.717, 1.165) is 17.8 Å². The van der Waals surface area contributed by atoms with Gasteiger partial charge in [0, 0.05) is 13.5 Å². The zero-order valence-electron chi connectivity index (χ0n) is 12.6. The topological polar surface area (TPSA) is 71.3 Å². The molecule has 0 unspecified atom stereocenters. The van der Waals surface area contributed by atoms with Crippen LogP contribution in [0.15, 0.2) is 21.2 Å². The lowest BCUT2D eigenvalue weighted by atomic mass is 10.2. The van der Waals surface area contributed by atoms with E-state index in [4.69, 9.17) is 4.42 Å². The highest BCUT2D eigenvalue weighted by atomic mass is 79.9. The zero-order chi connectivity index (χ0) is 15.9. The predicted octanol–water partition coefficient (Wildman–Crippen LogP) is 4.29. The number of hydrogen-bond donors (Lipinski definition) is 1. The molecule has 0 bridgehead atoms. The summed E-state index contributed by atoms with van der Waals surface area (Å²) in [7, 11) is 1.70. The highest BCUT2D eigenvalue weighted by molar-refractivity contribution is 9.10. The van der Waals surface area contributed by atoms with Crippen molar-refractivity contribution < 1.29 is 9.21 Å². The number of urea groups is 1. The largest absolute Gasteiger partial charge is 0.452 e. The first-order valence-corrected chi connectivity index (χ1v) is 8.78. The van der Waals surface area contributed by atoms with Crippen LogP contribution in [-0.4, -0.2) is 28.2 Å². The molecule has 0 aliphatic heterocycles. The van der Waals surface area contributed by atoms with Gasteiger partial charge in [0.15, 0.2) is 4.67 Å². The van der Waals surface area contributed by atoms with Crippen molar-refractivity contribution in [1.82, 2.24) is 15.1 Å². The quantitative estimate of drug-likeness (QED) is 0.720. The van der Waals surface area contributed by atoms with Crippen molar-refractivity contribution in [3.05, 3.63) is 27.6 Å². The molecule has 2 heterocycles. The van der Waals surface area contributed by atoms with Gasteiger partial charge in [0.2, 0.25) is 5.13 Å². The van der Waals surface area contributed by atoms with Crippen LogP contribution in [-0.2, 0) is 13.0 Å². The molecule has 0 aliphatic rings. The molecular formula is C14H19BrN4O2S. The molecule has 2 aromatic rings. The van der Waals surface area contributed by atoms with E-state index in [-0.39, 0.29) is 6.03 Å². The van der Waals surface area contributed by atoms with Crippen LogP contribution in [0.25, 0.3) is 0 Å². The fraction of sp³-hybridized carbons (Fsp3) is 0.500. The molecule has 1 N–H and O–H groups in total. The Morgan fingerprint density at radius 3 is 2.91 bits per heavy atom. The number of furan rings is 1. The SMILES string of the molecule is CCCCCc1nnc(NC(=O)N(C)Cc2ccc(Br)o2)s1. The minimum absolute atomic E-state index is 0.233. The number of amides is 2. The predicted molar refractivity (Wildman–Crippen MR) is 90.0 cm³/mol. The molecule has 0 aromatic carbocycles. The van der Waals surface area contributed by atoms with Crippen molar-refractivity contribution in [1.29, 1.82) is 0 Å². The van der Waals surface area contributed by atoms with Crippen LogP contribution in [0, 0.1) is 0 Å². The summed E-state index contributed by atoms with van der Waals surface area (Å²) >= 11 is 4.67. The number of hydrogen-bond acceptors (Lipinski definition) is 5. The van der Waals surface area contributed by atoms with E-state index in [1.807, 2.05) is 6.07 Å². The van der Waals surface area contributed by atoms with Gasteiger partial charge in [0.1, 0.15) is 10.8 Å². The summed E-state index contributed by atoms with van der Waals surface area (Å²) in [6, 6.07) is 3.39. The monoisotopic (exact) mass is 386 g/mol. The molecular weight excluding hydrogens is 368 g/mol. The van der Waals surface area contributed by atoms with Crippen LogP contribution >= 0.6 is 27.3 Å². The van der Waals surface area contributed by atoms with Gasteiger partial charge in [-0.05, 0) is 34.5 Å². The van der Waals surface area contributed by atoms with Crippen LogP contribution in [0.4, 0.5) is 9.93 Å². The molecule has 0 radical (unpaired) electrons. The standard InChI is InChI=1S/C14H19BrN4O2S/c1-3-4-5-6-12-17-18-13(22-12)16-14(20)19(2)9-10-7-8-11(15)21-10/h7-8H,3-6,9H2,1-2H3,(H,16,18,20). The summed E-state index contributed by atoms with van der Waals surface area (Å²) in [5.41, 5.74) is 0. The van der Waals surface area contributed by atoms with E-state index >= 15 is 0 Å². The van der Waals surface area contributed by atoms with E-state index in [0.29, 0.717) is 22.1 Å². The minimum atomic E-state index is -0.233. The van der Waals surface area contributed by atoms with E-state index in [2.05, 4.69) is 38.4 Å². The average molecular weight is 387 g/mol. The van der Waals surface area contributed by atoms with Crippen molar-refractivity contribution in [3.8, 4) is 0 Å². The Labute approximate surface area is 142 Å². The molecule has 0 saturated carbocycles. The molecule has 0 fully saturated rings. The van der Waals surface area contributed by atoms with Gasteiger partial charge in [-0.15, -0.1) is 10.2 Å². The number of unbranched alkanes of at least 4 members (excludes halogenated alkanes) is 2. The maximum absolute atomic E-state index is 12.1. The Kier molecular flexibility index (Phi) is 6.38. The molecule has 8 heteroatoms. The van der Waals surface area contributed by atoms with Crippen LogP contribution < -0.4 is 5.32 Å². The molecule has 0 aliphatic carbocycles. The van der Waals surface area contributed by atoms with E-state index in [1.54, 1.807) is 13.1 Å². The summed E-state index contributed by atoms with van der Waals surface area (Å²) < 4.78 is 6.03. The molecule has 22 heavy (non-hydrogen) atoms. The highest BCUT2D eigenvalue weighted by Gasteiger charge is 2.14. The van der Waals surface area contributed by atoms with Crippen molar-refractivity contribution in [2.24, 2.45) is 0 Å². The third kappa shape index (κ3) is 5.10. The zero-order valence-corrected chi connectivity index (χ0v) is 15.0. The summed E-state index contributed by atoms with van der Waals surface area (Å²) in [5, 5.41) is 12.4. The number of nitrogens with zero attached hydrogens (tertiary/aromatic N) is 3. The molecule has 0 saturated heterocycles. The fourth-order valence-corrected chi connectivity index (χ4v) is 2.97. The van der Waals surface area contributed by atoms with Gasteiger partial charge in [-0.2, -0.15) is 0 Å². The van der Waals surface area contributed by atoms with Crippen LogP contribution in [0.3, 0.4) is 0 Å². The number of carbonyl (C=O) groups excluding carboxylic acids is 1. The number of aromatic nitrogens is 2. The minimum Gasteiger partial charge on any atom is -0.452 e. The van der Waals surface area contributed by atoms with Crippen molar-refractivity contribution in [3.63, 3.8) is 0 Å². The van der Waals surface area contributed by atoms with E-state index in [9.17, 15) is 4.79 Å². The summed E-state index contributed by atoms with van der Waals surface area (Å²) in [5.74, 6) is 0.710. The van der Waals surface area contributed by atoms with Gasteiger partial charge < -0.3 is 9.32 Å². The maximum Gasteiger partial charge on any atom is 0.323 e. The first-order chi connectivity index (χ1) is 10.6. The van der Waals surface area contributed by atoms with Gasteiger partial charge in [-0.25, -0.2) is 4.79 Å². The van der Waals surface area contributed by atoms with Gasteiger partial charge in [-0.3, -0.25) is 5.32 Å². The van der Waals surface area contributed by atoms with Crippen LogP contribution in [0.1, 0.15) is 37.0 Å². The normalized spacial score (nSPS) is 10.7. The molecule has 120 valence electrons. The lowest BCUT2D eigenvalue weighted by Crippen LogP contribution is -2.30. The molecule has 0 atom stereocenters. The second kappa shape index (κ2) is 8.28. The van der Waals surface area contributed by atoms with Crippen molar-refractivity contribution in [2.75, 3.05) is 12.4 Å². The summed E-state index contributed by atoms with van der Waals surface area (Å²) in [6.45, 7) is 2.55. The van der Waals surface area contributed by atoms with Gasteiger partial charge >= 0.3 is 6.03 Å². The average Bonchev–Trinajstić information content (AvgIpc) is 3.08. The molecule has 2 aromatic heterocycles. The van der Waals surface area contributed by atoms with E-state index < -0.39 is 0 Å². The number of carbonyl (C=O) groups is 1. The molecule has 2 rings (SSSR count). The smallest absolute Gasteiger partial charge is 0.323 e. The van der Waals surface area contributed by atoms with Crippen molar-refractivity contribution >= 4 is 38.4 Å². The maximum atomic E-state index is 12.1. The number of aryl methyl sites for hydroxylation is 1. The number of halogens is 1. The molecule has 6 nitrogen and oxygen atoms in total. The van der Waals surface area contributed by atoms with Crippen molar-refractivity contribution in [2.45, 2.75) is 39.2 Å². The lowest BCUT2D eigenvalue weighted by molar-refractivity contribution is 0.216. The van der Waals surface area contributed by atoms with Gasteiger partial charge in [0.25, 0.3) is 0 Å². The highest BCUT2D eigenvalue weighted by Crippen LogP contribution is 2.19. The molecule has 2 amide bonds. The second-order valence-electron chi connectivity index (χ2n) is 4.95. The Bertz CT molecular complexity index is 614. The lowest BCUT2D eigenvalue weighted by Gasteiger charge is -2.15. The Morgan fingerprint density at radius 2 is 2.23 bits per heavy atom. The Hall–Kier alpha value is -1.41. The molecule has 0 spiro atoms. The first kappa shape index (κ1) is 17.0. The fourth-order valence-electron chi connectivity index (χ4n) is 1.86. The van der Waals surface area contributed by atoms with E-state index in [1.165, 1.54) is 29.1 Å². The third-order valence-corrected chi connectivity index (χ3v) is 4.37. The van der Waals surface area contributed by atoms with Gasteiger partial charge in [-0.1, -0.05) is 31.1 Å². The van der Waals surface area contributed by atoms with Crippen LogP contribution in [0.2, 0.25) is 0 Å². The summed E-state index contributed by atoms with van der Waals surface area (Å²) in [4.78, 5) is 13.6. The summed E-state index contributed by atoms with van der Waals surface area (Å²) in [6.07, 6.45) is 4.38. The van der Waals surface area contributed by atoms with Crippen LogP contribution in [0.5, 0.6) is 0 Å². The second-order valence-corrected chi connectivity index (χ2v) is 6.79. The Balaban J connectivity index is 1.83. The number of anilines is 1. The third-order valence-electron chi connectivity index (χ3n) is 3.04. The number of rotatable bonds is 7. The number of nitrogens with one attached hydrogen (secondary N) is 1. The first-order valence-electron chi connectivity index (χ1n) is 7.17. The van der Waals surface area contributed by atoms with Gasteiger partial charge in [0.05, 0.1) is 6.54 Å².